The van der Waals surface area contributed by atoms with Gasteiger partial charge in [0.25, 0.3) is 0 Å². The summed E-state index contributed by atoms with van der Waals surface area (Å²) in [5, 5.41) is 10.7. The van der Waals surface area contributed by atoms with Gasteiger partial charge in [-0.3, -0.25) is 0 Å². The zero-order chi connectivity index (χ0) is 16.1. The van der Waals surface area contributed by atoms with Crippen LogP contribution in [0.3, 0.4) is 0 Å². The molecule has 0 amide bonds. The number of rotatable bonds is 2. The van der Waals surface area contributed by atoms with Gasteiger partial charge in [-0.1, -0.05) is 11.6 Å². The van der Waals surface area contributed by atoms with Gasteiger partial charge in [-0.15, -0.1) is 11.3 Å². The maximum atomic E-state index is 14.3. The summed E-state index contributed by atoms with van der Waals surface area (Å²) < 4.78 is 14.9. The van der Waals surface area contributed by atoms with E-state index in [9.17, 15) is 9.50 Å². The van der Waals surface area contributed by atoms with E-state index in [0.29, 0.717) is 21.0 Å². The third-order valence-corrected chi connectivity index (χ3v) is 4.60. The molecule has 8 heteroatoms. The Hall–Kier alpha value is -1.83. The van der Waals surface area contributed by atoms with Gasteiger partial charge < -0.3 is 10.8 Å². The molecule has 0 fully saturated rings. The van der Waals surface area contributed by atoms with E-state index in [1.54, 1.807) is 19.9 Å². The Morgan fingerprint density at radius 3 is 2.73 bits per heavy atom. The van der Waals surface area contributed by atoms with Crippen molar-refractivity contribution in [2.75, 3.05) is 5.73 Å². The average Bonchev–Trinajstić information content (AvgIpc) is 2.86. The van der Waals surface area contributed by atoms with Crippen LogP contribution in [0.25, 0.3) is 21.5 Å². The van der Waals surface area contributed by atoms with E-state index in [-0.39, 0.29) is 16.5 Å². The second kappa shape index (κ2) is 5.12. The molecule has 0 radical (unpaired) electrons. The molecule has 5 nitrogen and oxygen atoms in total. The molecule has 0 aliphatic heterocycles. The summed E-state index contributed by atoms with van der Waals surface area (Å²) in [7, 11) is 0. The molecule has 114 valence electrons. The van der Waals surface area contributed by atoms with Crippen LogP contribution < -0.4 is 5.73 Å². The molecule has 0 saturated carbocycles. The lowest BCUT2D eigenvalue weighted by molar-refractivity contribution is 0.0785. The number of hydrogen-bond donors (Lipinski definition) is 2. The van der Waals surface area contributed by atoms with Gasteiger partial charge in [-0.05, 0) is 26.0 Å². The van der Waals surface area contributed by atoms with Crippen LogP contribution in [0.5, 0.6) is 0 Å². The van der Waals surface area contributed by atoms with Crippen LogP contribution in [0.15, 0.2) is 18.3 Å². The number of benzene rings is 1. The molecule has 0 bridgehead atoms. The summed E-state index contributed by atoms with van der Waals surface area (Å²) in [5.74, 6) is -0.450. The van der Waals surface area contributed by atoms with Crippen molar-refractivity contribution in [2.24, 2.45) is 0 Å². The van der Waals surface area contributed by atoms with Crippen molar-refractivity contribution in [2.45, 2.75) is 19.4 Å². The molecule has 0 aliphatic rings. The topological polar surface area (TPSA) is 84.9 Å². The normalized spacial score (nSPS) is 12.0. The highest BCUT2D eigenvalue weighted by Crippen LogP contribution is 2.35. The maximum Gasteiger partial charge on any atom is 0.220 e. The van der Waals surface area contributed by atoms with Gasteiger partial charge >= 0.3 is 0 Å². The van der Waals surface area contributed by atoms with Crippen molar-refractivity contribution >= 4 is 39.1 Å². The molecule has 0 atom stereocenters. The molecule has 0 aliphatic carbocycles. The highest BCUT2D eigenvalue weighted by atomic mass is 35.5. The smallest absolute Gasteiger partial charge is 0.220 e. The first-order chi connectivity index (χ1) is 10.3. The maximum absolute atomic E-state index is 14.3. The van der Waals surface area contributed by atoms with Crippen molar-refractivity contribution in [3.63, 3.8) is 0 Å². The van der Waals surface area contributed by atoms with Crippen LogP contribution in [0.2, 0.25) is 5.02 Å². The average molecular weight is 339 g/mol. The van der Waals surface area contributed by atoms with Crippen LogP contribution in [0, 0.1) is 5.82 Å². The minimum absolute atomic E-state index is 0.0568. The van der Waals surface area contributed by atoms with Crippen molar-refractivity contribution in [3.05, 3.63) is 34.2 Å². The lowest BCUT2D eigenvalue weighted by atomic mass is 10.1. The van der Waals surface area contributed by atoms with Crippen molar-refractivity contribution in [1.82, 2.24) is 15.0 Å². The van der Waals surface area contributed by atoms with E-state index in [1.807, 2.05) is 0 Å². The number of nitrogen functional groups attached to an aromatic ring is 1. The zero-order valence-electron chi connectivity index (χ0n) is 11.8. The summed E-state index contributed by atoms with van der Waals surface area (Å²) >= 11 is 7.28. The number of halogens is 2. The molecule has 3 N–H and O–H groups in total. The fraction of sp³-hybridized carbons (Fsp3) is 0.214. The molecule has 0 unspecified atom stereocenters. The number of anilines is 1. The first kappa shape index (κ1) is 15.1. The second-order valence-electron chi connectivity index (χ2n) is 5.31. The van der Waals surface area contributed by atoms with Gasteiger partial charge in [0.05, 0.1) is 21.6 Å². The largest absolute Gasteiger partial charge is 0.383 e. The van der Waals surface area contributed by atoms with Gasteiger partial charge in [0.1, 0.15) is 16.1 Å². The number of nitrogens with zero attached hydrogens (tertiary/aromatic N) is 3. The lowest BCUT2D eigenvalue weighted by Crippen LogP contribution is -2.14. The van der Waals surface area contributed by atoms with Gasteiger partial charge in [-0.2, -0.15) is 0 Å². The molecule has 22 heavy (non-hydrogen) atoms. The van der Waals surface area contributed by atoms with Crippen LogP contribution in [0.4, 0.5) is 10.3 Å². The van der Waals surface area contributed by atoms with Gasteiger partial charge in [0.15, 0.2) is 5.82 Å². The molecule has 3 aromatic rings. The van der Waals surface area contributed by atoms with Crippen LogP contribution >= 0.6 is 22.9 Å². The Kier molecular flexibility index (Phi) is 3.51. The van der Waals surface area contributed by atoms with E-state index < -0.39 is 11.4 Å². The summed E-state index contributed by atoms with van der Waals surface area (Å²) in [5.41, 5.74) is 5.48. The van der Waals surface area contributed by atoms with E-state index >= 15 is 0 Å². The molecule has 3 rings (SSSR count). The van der Waals surface area contributed by atoms with E-state index in [4.69, 9.17) is 17.3 Å². The van der Waals surface area contributed by atoms with E-state index in [1.165, 1.54) is 23.6 Å². The van der Waals surface area contributed by atoms with E-state index in [2.05, 4.69) is 15.0 Å². The molecule has 0 saturated heterocycles. The Morgan fingerprint density at radius 1 is 1.32 bits per heavy atom. The molecule has 1 aromatic carbocycles. The van der Waals surface area contributed by atoms with Crippen LogP contribution in [-0.4, -0.2) is 20.1 Å². The minimum atomic E-state index is -1.13. The molecule has 2 heterocycles. The van der Waals surface area contributed by atoms with Crippen LogP contribution in [0.1, 0.15) is 18.9 Å². The Labute approximate surface area is 134 Å². The predicted molar refractivity (Wildman–Crippen MR) is 85.3 cm³/mol. The number of hydrogen-bond acceptors (Lipinski definition) is 6. The molecule has 2 aromatic heterocycles. The number of aromatic nitrogens is 3. The highest BCUT2D eigenvalue weighted by molar-refractivity contribution is 7.18. The van der Waals surface area contributed by atoms with Crippen molar-refractivity contribution in [3.8, 4) is 11.3 Å². The third kappa shape index (κ3) is 2.63. The standard InChI is InChI=1S/C14H12ClFN4OS/c1-14(2,21)12-19-11-8(16)3-6(4-9(11)22-12)10-7(15)5-18-13(17)20-10/h3-5,21H,1-2H3,(H2,17,18,20). The number of thiazole rings is 1. The quantitative estimate of drug-likeness (QED) is 0.748. The molecular formula is C14H12ClFN4OS. The summed E-state index contributed by atoms with van der Waals surface area (Å²) in [4.78, 5) is 12.0. The van der Waals surface area contributed by atoms with Crippen molar-refractivity contribution < 1.29 is 9.50 Å². The Balaban J connectivity index is 2.22. The first-order valence-corrected chi connectivity index (χ1v) is 7.56. The number of aliphatic hydroxyl groups is 1. The minimum Gasteiger partial charge on any atom is -0.383 e. The van der Waals surface area contributed by atoms with E-state index in [0.717, 1.165) is 0 Å². The first-order valence-electron chi connectivity index (χ1n) is 6.37. The SMILES string of the molecule is CC(C)(O)c1nc2c(F)cc(-c3nc(N)ncc3Cl)cc2s1. The fourth-order valence-electron chi connectivity index (χ4n) is 1.97. The Bertz CT molecular complexity index is 875. The molecular weight excluding hydrogens is 327 g/mol. The second-order valence-corrected chi connectivity index (χ2v) is 6.75. The number of nitrogens with two attached hydrogens (primary N) is 1. The Morgan fingerprint density at radius 2 is 2.05 bits per heavy atom. The predicted octanol–water partition coefficient (Wildman–Crippen LogP) is 3.36. The van der Waals surface area contributed by atoms with Gasteiger partial charge in [0, 0.05) is 5.56 Å². The number of fused-ring (bicyclic) bond motifs is 1. The lowest BCUT2D eigenvalue weighted by Gasteiger charge is -2.11. The summed E-state index contributed by atoms with van der Waals surface area (Å²) in [6.07, 6.45) is 1.37. The zero-order valence-corrected chi connectivity index (χ0v) is 13.3. The monoisotopic (exact) mass is 338 g/mol. The third-order valence-electron chi connectivity index (χ3n) is 3.01. The molecule has 0 spiro atoms. The summed E-state index contributed by atoms with van der Waals surface area (Å²) in [6.45, 7) is 3.21. The van der Waals surface area contributed by atoms with Gasteiger partial charge in [-0.25, -0.2) is 19.3 Å². The fourth-order valence-corrected chi connectivity index (χ4v) is 3.19. The van der Waals surface area contributed by atoms with Gasteiger partial charge in [0.2, 0.25) is 5.95 Å². The van der Waals surface area contributed by atoms with Crippen molar-refractivity contribution in [1.29, 1.82) is 0 Å². The highest BCUT2D eigenvalue weighted by Gasteiger charge is 2.23. The van der Waals surface area contributed by atoms with Crippen LogP contribution in [-0.2, 0) is 5.60 Å². The summed E-state index contributed by atoms with van der Waals surface area (Å²) in [6, 6.07) is 3.02.